The molecule has 4 N–H and O–H groups in total. The number of hydrogen-bond acceptors (Lipinski definition) is 3. The number of nitrogens with two attached hydrogens (primary N) is 2. The van der Waals surface area contributed by atoms with Crippen LogP contribution in [0.25, 0.3) is 0 Å². The van der Waals surface area contributed by atoms with Crippen LogP contribution in [0.4, 0.5) is 0 Å². The Bertz CT molecular complexity index is 527. The van der Waals surface area contributed by atoms with Crippen LogP contribution in [-0.4, -0.2) is 5.78 Å². The summed E-state index contributed by atoms with van der Waals surface area (Å²) in [6.07, 6.45) is 8.63. The molecule has 18 heavy (non-hydrogen) atoms. The summed E-state index contributed by atoms with van der Waals surface area (Å²) < 4.78 is 0. The number of hydrogen-bond donors (Lipinski definition) is 2. The van der Waals surface area contributed by atoms with Crippen molar-refractivity contribution >= 4 is 5.78 Å². The van der Waals surface area contributed by atoms with E-state index in [9.17, 15) is 4.79 Å². The van der Waals surface area contributed by atoms with Gasteiger partial charge in [-0.05, 0) is 6.42 Å². The fourth-order valence-electron chi connectivity index (χ4n) is 1.89. The molecule has 0 aliphatic heterocycles. The molecule has 1 aliphatic carbocycles. The first-order valence-electron chi connectivity index (χ1n) is 5.88. The Morgan fingerprint density at radius 1 is 1.11 bits per heavy atom. The summed E-state index contributed by atoms with van der Waals surface area (Å²) >= 11 is 0. The Labute approximate surface area is 106 Å². The van der Waals surface area contributed by atoms with Crippen LogP contribution in [0.5, 0.6) is 0 Å². The second-order valence-corrected chi connectivity index (χ2v) is 4.22. The smallest absolute Gasteiger partial charge is 0.210 e. The van der Waals surface area contributed by atoms with Gasteiger partial charge in [-0.1, -0.05) is 54.6 Å². The quantitative estimate of drug-likeness (QED) is 0.628. The van der Waals surface area contributed by atoms with Gasteiger partial charge >= 0.3 is 0 Å². The number of rotatable bonds is 3. The molecule has 0 radical (unpaired) electrons. The third-order valence-corrected chi connectivity index (χ3v) is 2.97. The van der Waals surface area contributed by atoms with Gasteiger partial charge in [0, 0.05) is 17.2 Å². The van der Waals surface area contributed by atoms with Crippen molar-refractivity contribution in [2.24, 2.45) is 17.4 Å². The minimum atomic E-state index is -0.212. The van der Waals surface area contributed by atoms with E-state index in [4.69, 9.17) is 11.5 Å². The number of carbonyl (C=O) groups excluding carboxylic acids is 1. The molecule has 1 aromatic rings. The van der Waals surface area contributed by atoms with Crippen molar-refractivity contribution < 1.29 is 4.79 Å². The van der Waals surface area contributed by atoms with Crippen LogP contribution in [0.15, 0.2) is 66.0 Å². The summed E-state index contributed by atoms with van der Waals surface area (Å²) in [4.78, 5) is 12.1. The molecule has 1 aliphatic rings. The number of allylic oxidation sites excluding steroid dienone is 5. The number of benzene rings is 1. The highest BCUT2D eigenvalue weighted by atomic mass is 16.1. The van der Waals surface area contributed by atoms with Crippen molar-refractivity contribution in [3.05, 3.63) is 71.6 Å². The summed E-state index contributed by atoms with van der Waals surface area (Å²) in [5.74, 6) is -0.196. The molecular weight excluding hydrogens is 224 g/mol. The minimum Gasteiger partial charge on any atom is -0.400 e. The van der Waals surface area contributed by atoms with Crippen LogP contribution >= 0.6 is 0 Å². The lowest BCUT2D eigenvalue weighted by atomic mass is 9.94. The van der Waals surface area contributed by atoms with E-state index in [1.165, 1.54) is 0 Å². The molecule has 0 amide bonds. The zero-order valence-corrected chi connectivity index (χ0v) is 10.0. The largest absolute Gasteiger partial charge is 0.400 e. The zero-order valence-electron chi connectivity index (χ0n) is 10.0. The monoisotopic (exact) mass is 240 g/mol. The van der Waals surface area contributed by atoms with Gasteiger partial charge in [-0.25, -0.2) is 0 Å². The lowest BCUT2D eigenvalue weighted by Gasteiger charge is -2.15. The van der Waals surface area contributed by atoms with E-state index < -0.39 is 0 Å². The van der Waals surface area contributed by atoms with Crippen LogP contribution in [0.1, 0.15) is 16.8 Å². The van der Waals surface area contributed by atoms with Crippen molar-refractivity contribution in [1.29, 1.82) is 0 Å². The highest BCUT2D eigenvalue weighted by Gasteiger charge is 2.17. The van der Waals surface area contributed by atoms with Gasteiger partial charge in [0.15, 0.2) is 0 Å². The first kappa shape index (κ1) is 12.2. The summed E-state index contributed by atoms with van der Waals surface area (Å²) in [7, 11) is 0. The molecule has 1 aromatic carbocycles. The molecule has 0 aromatic heterocycles. The summed E-state index contributed by atoms with van der Waals surface area (Å²) in [5, 5.41) is 0. The average Bonchev–Trinajstić information content (AvgIpc) is 2.47. The Balaban J connectivity index is 2.24. The Hall–Kier alpha value is -2.29. The fraction of sp³-hybridized carbons (Fsp3) is 0.133. The van der Waals surface area contributed by atoms with Crippen LogP contribution in [0, 0.1) is 5.92 Å². The van der Waals surface area contributed by atoms with Gasteiger partial charge in [0.2, 0.25) is 5.78 Å². The first-order valence-corrected chi connectivity index (χ1v) is 5.88. The van der Waals surface area contributed by atoms with Crippen molar-refractivity contribution in [2.75, 3.05) is 0 Å². The molecule has 0 fully saturated rings. The van der Waals surface area contributed by atoms with Crippen molar-refractivity contribution in [3.63, 3.8) is 0 Å². The highest BCUT2D eigenvalue weighted by molar-refractivity contribution is 6.08. The number of carbonyl (C=O) groups is 1. The molecule has 0 saturated heterocycles. The number of Topliss-reactive ketones (excluding diaryl/α,β-unsaturated/α-hetero) is 1. The minimum absolute atomic E-state index is 0.0164. The topological polar surface area (TPSA) is 69.1 Å². The normalized spacial score (nSPS) is 19.4. The second-order valence-electron chi connectivity index (χ2n) is 4.22. The van der Waals surface area contributed by atoms with Crippen molar-refractivity contribution in [1.82, 2.24) is 0 Å². The Morgan fingerprint density at radius 2 is 1.83 bits per heavy atom. The summed E-state index contributed by atoms with van der Waals surface area (Å²) in [6, 6.07) is 8.94. The molecule has 0 heterocycles. The predicted molar refractivity (Wildman–Crippen MR) is 72.6 cm³/mol. The van der Waals surface area contributed by atoms with Crippen LogP contribution in [0.2, 0.25) is 0 Å². The van der Waals surface area contributed by atoms with Gasteiger partial charge in [-0.2, -0.15) is 0 Å². The maximum absolute atomic E-state index is 12.1. The van der Waals surface area contributed by atoms with Gasteiger partial charge in [0.25, 0.3) is 0 Å². The lowest BCUT2D eigenvalue weighted by molar-refractivity contribution is 0.103. The number of ketones is 1. The van der Waals surface area contributed by atoms with Gasteiger partial charge < -0.3 is 11.5 Å². The third kappa shape index (κ3) is 2.51. The third-order valence-electron chi connectivity index (χ3n) is 2.97. The Morgan fingerprint density at radius 3 is 2.44 bits per heavy atom. The molecule has 3 nitrogen and oxygen atoms in total. The molecule has 92 valence electrons. The SMILES string of the molecule is NC(C(=O)c1ccccc1)=C(N)C1C=CC=CC1. The van der Waals surface area contributed by atoms with Crippen LogP contribution < -0.4 is 11.5 Å². The fourth-order valence-corrected chi connectivity index (χ4v) is 1.89. The van der Waals surface area contributed by atoms with E-state index >= 15 is 0 Å². The maximum atomic E-state index is 12.1. The van der Waals surface area contributed by atoms with E-state index in [1.807, 2.05) is 30.4 Å². The van der Waals surface area contributed by atoms with Crippen molar-refractivity contribution in [3.8, 4) is 0 Å². The highest BCUT2D eigenvalue weighted by Crippen LogP contribution is 2.19. The molecule has 0 spiro atoms. The molecule has 0 saturated carbocycles. The maximum Gasteiger partial charge on any atom is 0.210 e. The van der Waals surface area contributed by atoms with Gasteiger partial charge in [0.05, 0.1) is 5.70 Å². The van der Waals surface area contributed by atoms with Crippen LogP contribution in [-0.2, 0) is 0 Å². The first-order chi connectivity index (χ1) is 8.70. The molecular formula is C15H16N2O. The van der Waals surface area contributed by atoms with E-state index in [0.717, 1.165) is 6.42 Å². The van der Waals surface area contributed by atoms with Crippen LogP contribution in [0.3, 0.4) is 0 Å². The van der Waals surface area contributed by atoms with E-state index in [2.05, 4.69) is 0 Å². The molecule has 1 unspecified atom stereocenters. The van der Waals surface area contributed by atoms with Gasteiger partial charge in [-0.15, -0.1) is 0 Å². The standard InChI is InChI=1S/C15H16N2O/c16-13(11-7-3-1-4-8-11)14(17)15(18)12-9-5-2-6-10-12/h1-7,9-11H,8,16-17H2. The zero-order chi connectivity index (χ0) is 13.0. The Kier molecular flexibility index (Phi) is 3.63. The summed E-state index contributed by atoms with van der Waals surface area (Å²) in [6.45, 7) is 0. The van der Waals surface area contributed by atoms with Gasteiger partial charge in [-0.3, -0.25) is 4.79 Å². The average molecular weight is 240 g/mol. The van der Waals surface area contributed by atoms with Gasteiger partial charge in [0.1, 0.15) is 0 Å². The predicted octanol–water partition coefficient (Wildman–Crippen LogP) is 2.13. The molecule has 0 bridgehead atoms. The molecule has 2 rings (SSSR count). The lowest BCUT2D eigenvalue weighted by Crippen LogP contribution is -2.23. The van der Waals surface area contributed by atoms with E-state index in [-0.39, 0.29) is 17.4 Å². The second kappa shape index (κ2) is 5.36. The molecule has 3 heteroatoms. The van der Waals surface area contributed by atoms with E-state index in [1.54, 1.807) is 24.3 Å². The molecule has 1 atom stereocenters. The van der Waals surface area contributed by atoms with E-state index in [0.29, 0.717) is 11.3 Å². The summed E-state index contributed by atoms with van der Waals surface area (Å²) in [5.41, 5.74) is 13.0. The van der Waals surface area contributed by atoms with Crippen molar-refractivity contribution in [2.45, 2.75) is 6.42 Å².